The van der Waals surface area contributed by atoms with E-state index in [0.29, 0.717) is 10.7 Å². The zero-order chi connectivity index (χ0) is 16.2. The van der Waals surface area contributed by atoms with E-state index in [-0.39, 0.29) is 0 Å². The molecule has 8 heteroatoms. The minimum Gasteiger partial charge on any atom is -0.325 e. The molecule has 1 atom stereocenters. The van der Waals surface area contributed by atoms with E-state index in [2.05, 4.69) is 15.3 Å². The molecule has 2 aromatic rings. The highest BCUT2D eigenvalue weighted by Gasteiger charge is 2.23. The third-order valence-corrected chi connectivity index (χ3v) is 5.24. The van der Waals surface area contributed by atoms with E-state index in [1.807, 2.05) is 18.2 Å². The van der Waals surface area contributed by atoms with Gasteiger partial charge in [-0.05, 0) is 31.2 Å². The van der Waals surface area contributed by atoms with Crippen LogP contribution >= 0.6 is 11.8 Å². The third kappa shape index (κ3) is 4.54. The van der Waals surface area contributed by atoms with E-state index >= 15 is 0 Å². The van der Waals surface area contributed by atoms with Crippen LogP contribution in [-0.4, -0.2) is 35.8 Å². The lowest BCUT2D eigenvalue weighted by molar-refractivity contribution is -0.115. The number of amides is 1. The van der Waals surface area contributed by atoms with Crippen molar-refractivity contribution in [1.29, 1.82) is 0 Å². The number of nitrogens with one attached hydrogen (secondary N) is 1. The molecule has 22 heavy (non-hydrogen) atoms. The molecule has 1 N–H and O–H groups in total. The number of hydrogen-bond acceptors (Lipinski definition) is 6. The molecule has 6 nitrogen and oxygen atoms in total. The standard InChI is InChI=1S/C14H15N3O3S2/c1-10(22(2,19)20)14(18)17-11-6-8-16-13(9-11)21-12-5-3-4-7-15-12/h3-10H,1-2H3,(H,16,17,18)/t10-/m1/s1. The lowest BCUT2D eigenvalue weighted by atomic mass is 10.3. The van der Waals surface area contributed by atoms with E-state index in [1.54, 1.807) is 24.5 Å². The fourth-order valence-corrected chi connectivity index (χ4v) is 2.72. The molecule has 0 radical (unpaired) electrons. The second kappa shape index (κ2) is 6.89. The molecular weight excluding hydrogens is 322 g/mol. The van der Waals surface area contributed by atoms with Crippen LogP contribution < -0.4 is 5.32 Å². The number of anilines is 1. The lowest BCUT2D eigenvalue weighted by Crippen LogP contribution is -2.31. The van der Waals surface area contributed by atoms with Gasteiger partial charge in [-0.1, -0.05) is 17.8 Å². The first-order valence-electron chi connectivity index (χ1n) is 6.41. The van der Waals surface area contributed by atoms with Crippen molar-refractivity contribution in [2.24, 2.45) is 0 Å². The summed E-state index contributed by atoms with van der Waals surface area (Å²) in [5.41, 5.74) is 0.494. The van der Waals surface area contributed by atoms with Crippen LogP contribution in [0.5, 0.6) is 0 Å². The van der Waals surface area contributed by atoms with Crippen LogP contribution in [-0.2, 0) is 14.6 Å². The Kier molecular flexibility index (Phi) is 5.15. The predicted octanol–water partition coefficient (Wildman–Crippen LogP) is 2.00. The minimum atomic E-state index is -3.42. The fourth-order valence-electron chi connectivity index (χ4n) is 1.50. The summed E-state index contributed by atoms with van der Waals surface area (Å²) in [6, 6.07) is 8.82. The summed E-state index contributed by atoms with van der Waals surface area (Å²) in [5.74, 6) is -0.567. The minimum absolute atomic E-state index is 0.494. The van der Waals surface area contributed by atoms with Crippen LogP contribution in [0, 0.1) is 0 Å². The number of carbonyl (C=O) groups excluding carboxylic acids is 1. The van der Waals surface area contributed by atoms with Crippen molar-refractivity contribution >= 4 is 33.2 Å². The molecule has 116 valence electrons. The van der Waals surface area contributed by atoms with E-state index in [4.69, 9.17) is 0 Å². The molecule has 0 aliphatic heterocycles. The SMILES string of the molecule is C[C@H](C(=O)Nc1ccnc(Sc2ccccn2)c1)S(C)(=O)=O. The van der Waals surface area contributed by atoms with E-state index in [1.165, 1.54) is 18.7 Å². The van der Waals surface area contributed by atoms with Crippen molar-refractivity contribution < 1.29 is 13.2 Å². The number of pyridine rings is 2. The smallest absolute Gasteiger partial charge is 0.242 e. The topological polar surface area (TPSA) is 89.0 Å². The summed E-state index contributed by atoms with van der Waals surface area (Å²) in [4.78, 5) is 20.3. The summed E-state index contributed by atoms with van der Waals surface area (Å²) < 4.78 is 22.8. The van der Waals surface area contributed by atoms with Gasteiger partial charge in [-0.2, -0.15) is 0 Å². The molecule has 0 saturated heterocycles. The second-order valence-corrected chi connectivity index (χ2v) is 8.02. The summed E-state index contributed by atoms with van der Waals surface area (Å²) in [5, 5.41) is 2.92. The summed E-state index contributed by atoms with van der Waals surface area (Å²) >= 11 is 1.35. The van der Waals surface area contributed by atoms with Gasteiger partial charge in [0.2, 0.25) is 5.91 Å². The largest absolute Gasteiger partial charge is 0.325 e. The van der Waals surface area contributed by atoms with Gasteiger partial charge < -0.3 is 5.32 Å². The van der Waals surface area contributed by atoms with Gasteiger partial charge in [0, 0.05) is 24.3 Å². The summed E-state index contributed by atoms with van der Waals surface area (Å²) in [7, 11) is -3.42. The van der Waals surface area contributed by atoms with Crippen LogP contribution in [0.4, 0.5) is 5.69 Å². The maximum Gasteiger partial charge on any atom is 0.242 e. The van der Waals surface area contributed by atoms with Gasteiger partial charge in [-0.25, -0.2) is 18.4 Å². The number of hydrogen-bond donors (Lipinski definition) is 1. The highest BCUT2D eigenvalue weighted by Crippen LogP contribution is 2.25. The molecule has 1 amide bonds. The Morgan fingerprint density at radius 3 is 2.55 bits per heavy atom. The molecule has 0 saturated carbocycles. The molecule has 2 heterocycles. The van der Waals surface area contributed by atoms with Gasteiger partial charge in [0.15, 0.2) is 9.84 Å². The van der Waals surface area contributed by atoms with Gasteiger partial charge in [0.05, 0.1) is 0 Å². The molecule has 2 aromatic heterocycles. The molecular formula is C14H15N3O3S2. The van der Waals surface area contributed by atoms with Crippen LogP contribution in [0.15, 0.2) is 52.8 Å². The maximum absolute atomic E-state index is 11.9. The Balaban J connectivity index is 2.10. The molecule has 0 aliphatic carbocycles. The Labute approximate surface area is 133 Å². The fraction of sp³-hybridized carbons (Fsp3) is 0.214. The maximum atomic E-state index is 11.9. The van der Waals surface area contributed by atoms with Crippen molar-refractivity contribution in [3.8, 4) is 0 Å². The molecule has 2 rings (SSSR count). The highest BCUT2D eigenvalue weighted by molar-refractivity contribution is 7.99. The average molecular weight is 337 g/mol. The van der Waals surface area contributed by atoms with Crippen LogP contribution in [0.3, 0.4) is 0 Å². The number of sulfone groups is 1. The molecule has 0 aromatic carbocycles. The first-order valence-corrected chi connectivity index (χ1v) is 9.18. The number of carbonyl (C=O) groups is 1. The Bertz CT molecular complexity index is 764. The van der Waals surface area contributed by atoms with Crippen molar-refractivity contribution in [3.05, 3.63) is 42.7 Å². The summed E-state index contributed by atoms with van der Waals surface area (Å²) in [6.45, 7) is 1.36. The van der Waals surface area contributed by atoms with Crippen LogP contribution in [0.2, 0.25) is 0 Å². The molecule has 0 unspecified atom stereocenters. The van der Waals surface area contributed by atoms with Crippen molar-refractivity contribution in [2.45, 2.75) is 22.2 Å². The third-order valence-electron chi connectivity index (χ3n) is 2.86. The van der Waals surface area contributed by atoms with Crippen molar-refractivity contribution in [2.75, 3.05) is 11.6 Å². The Morgan fingerprint density at radius 2 is 1.91 bits per heavy atom. The molecule has 0 spiro atoms. The average Bonchev–Trinajstić information content (AvgIpc) is 2.47. The number of nitrogens with zero attached hydrogens (tertiary/aromatic N) is 2. The zero-order valence-electron chi connectivity index (χ0n) is 12.1. The Morgan fingerprint density at radius 1 is 1.18 bits per heavy atom. The first-order chi connectivity index (χ1) is 10.4. The number of rotatable bonds is 5. The lowest BCUT2D eigenvalue weighted by Gasteiger charge is -2.11. The van der Waals surface area contributed by atoms with Gasteiger partial charge in [-0.15, -0.1) is 0 Å². The van der Waals surface area contributed by atoms with Crippen molar-refractivity contribution in [1.82, 2.24) is 9.97 Å². The molecule has 0 bridgehead atoms. The quantitative estimate of drug-likeness (QED) is 0.897. The van der Waals surface area contributed by atoms with E-state index in [0.717, 1.165) is 11.3 Å². The Hall–Kier alpha value is -1.93. The first kappa shape index (κ1) is 16.4. The van der Waals surface area contributed by atoms with E-state index < -0.39 is 21.0 Å². The normalized spacial score (nSPS) is 12.6. The van der Waals surface area contributed by atoms with Gasteiger partial charge in [0.25, 0.3) is 0 Å². The van der Waals surface area contributed by atoms with Crippen molar-refractivity contribution in [3.63, 3.8) is 0 Å². The second-order valence-electron chi connectivity index (χ2n) is 4.61. The monoisotopic (exact) mass is 337 g/mol. The van der Waals surface area contributed by atoms with Gasteiger partial charge in [0.1, 0.15) is 15.3 Å². The summed E-state index contributed by atoms with van der Waals surface area (Å²) in [6.07, 6.45) is 4.26. The van der Waals surface area contributed by atoms with Gasteiger partial charge in [-0.3, -0.25) is 4.79 Å². The van der Waals surface area contributed by atoms with Gasteiger partial charge >= 0.3 is 0 Å². The molecule has 0 aliphatic rings. The van der Waals surface area contributed by atoms with Crippen LogP contribution in [0.1, 0.15) is 6.92 Å². The highest BCUT2D eigenvalue weighted by atomic mass is 32.2. The van der Waals surface area contributed by atoms with E-state index in [9.17, 15) is 13.2 Å². The predicted molar refractivity (Wildman–Crippen MR) is 85.5 cm³/mol. The number of aromatic nitrogens is 2. The molecule has 0 fully saturated rings. The van der Waals surface area contributed by atoms with Crippen LogP contribution in [0.25, 0.3) is 0 Å². The zero-order valence-corrected chi connectivity index (χ0v) is 13.7.